The summed E-state index contributed by atoms with van der Waals surface area (Å²) in [6, 6.07) is 10.2. The van der Waals surface area contributed by atoms with Crippen LogP contribution in [0.15, 0.2) is 53.4 Å². The van der Waals surface area contributed by atoms with Crippen molar-refractivity contribution in [2.24, 2.45) is 0 Å². The molecule has 0 saturated carbocycles. The van der Waals surface area contributed by atoms with Gasteiger partial charge in [-0.15, -0.1) is 0 Å². The van der Waals surface area contributed by atoms with Gasteiger partial charge < -0.3 is 11.1 Å². The smallest absolute Gasteiger partial charge is 0.132 e. The molecule has 0 unspecified atom stereocenters. The number of nitrogens with zero attached hydrogens (tertiary/aromatic N) is 3. The van der Waals surface area contributed by atoms with Crippen LogP contribution in [-0.2, 0) is 0 Å². The van der Waals surface area contributed by atoms with Crippen molar-refractivity contribution in [2.75, 3.05) is 18.8 Å². The number of nitrogens with one attached hydrogen (secondary N) is 2. The van der Waals surface area contributed by atoms with Crippen LogP contribution in [0.2, 0.25) is 0 Å². The monoisotopic (exact) mass is 448 g/mol. The highest BCUT2D eigenvalue weighted by Crippen LogP contribution is 2.35. The Balaban J connectivity index is 1.59. The SMILES string of the molecule is Nc1ncc(-c2cn[nH]c2C2CCNCC2)cc1-c1cc2c(Br)cccc2cn1. The molecule has 4 N–H and O–H groups in total. The molecule has 6 nitrogen and oxygen atoms in total. The Hall–Kier alpha value is -2.77. The van der Waals surface area contributed by atoms with Crippen molar-refractivity contribution < 1.29 is 0 Å². The molecule has 7 heteroatoms. The summed E-state index contributed by atoms with van der Waals surface area (Å²) in [6.45, 7) is 2.06. The molecule has 3 aromatic heterocycles. The molecule has 0 radical (unpaired) electrons. The topological polar surface area (TPSA) is 92.5 Å². The number of halogens is 1. The van der Waals surface area contributed by atoms with Crippen molar-refractivity contribution in [3.63, 3.8) is 0 Å². The van der Waals surface area contributed by atoms with E-state index in [-0.39, 0.29) is 0 Å². The van der Waals surface area contributed by atoms with Crippen molar-refractivity contribution in [2.45, 2.75) is 18.8 Å². The van der Waals surface area contributed by atoms with E-state index in [1.807, 2.05) is 36.8 Å². The van der Waals surface area contributed by atoms with Crippen LogP contribution in [0.5, 0.6) is 0 Å². The predicted octanol–water partition coefficient (Wildman–Crippen LogP) is 4.50. The number of fused-ring (bicyclic) bond motifs is 1. The highest BCUT2D eigenvalue weighted by Gasteiger charge is 2.21. The summed E-state index contributed by atoms with van der Waals surface area (Å²) in [4.78, 5) is 9.11. The minimum Gasteiger partial charge on any atom is -0.383 e. The van der Waals surface area contributed by atoms with E-state index < -0.39 is 0 Å². The Bertz CT molecular complexity index is 1180. The number of pyridine rings is 2. The summed E-state index contributed by atoms with van der Waals surface area (Å²) >= 11 is 3.63. The van der Waals surface area contributed by atoms with Gasteiger partial charge in [-0.05, 0) is 49.5 Å². The molecular weight excluding hydrogens is 428 g/mol. The molecule has 146 valence electrons. The maximum absolute atomic E-state index is 6.24. The standard InChI is InChI=1S/C22H21BrN6/c23-19-3-1-2-14-10-26-20(9-16(14)19)17-8-15(11-27-22(17)24)18-12-28-29-21(18)13-4-6-25-7-5-13/h1-3,8-13,25H,4-7H2,(H2,24,27)(H,28,29). The Kier molecular flexibility index (Phi) is 4.77. The zero-order valence-electron chi connectivity index (χ0n) is 15.8. The van der Waals surface area contributed by atoms with E-state index in [4.69, 9.17) is 5.73 Å². The number of hydrogen-bond acceptors (Lipinski definition) is 5. The van der Waals surface area contributed by atoms with Crippen LogP contribution in [0.1, 0.15) is 24.5 Å². The number of nitrogen functional groups attached to an aromatic ring is 1. The lowest BCUT2D eigenvalue weighted by Gasteiger charge is -2.22. The second-order valence-electron chi connectivity index (χ2n) is 7.41. The van der Waals surface area contributed by atoms with Crippen LogP contribution in [0.4, 0.5) is 5.82 Å². The number of aromatic amines is 1. The molecular formula is C22H21BrN6. The van der Waals surface area contributed by atoms with Crippen molar-refractivity contribution in [1.82, 2.24) is 25.5 Å². The van der Waals surface area contributed by atoms with Gasteiger partial charge in [0.2, 0.25) is 0 Å². The highest BCUT2D eigenvalue weighted by atomic mass is 79.9. The van der Waals surface area contributed by atoms with Gasteiger partial charge in [0.25, 0.3) is 0 Å². The molecule has 1 aromatic carbocycles. The first-order valence-electron chi connectivity index (χ1n) is 9.75. The fourth-order valence-corrected chi connectivity index (χ4v) is 4.55. The van der Waals surface area contributed by atoms with Crippen molar-refractivity contribution in [3.05, 3.63) is 59.1 Å². The number of rotatable bonds is 3. The first-order valence-corrected chi connectivity index (χ1v) is 10.5. The van der Waals surface area contributed by atoms with Gasteiger partial charge >= 0.3 is 0 Å². The molecule has 4 aromatic rings. The van der Waals surface area contributed by atoms with Gasteiger partial charge in [0.15, 0.2) is 0 Å². The van der Waals surface area contributed by atoms with Crippen LogP contribution >= 0.6 is 15.9 Å². The molecule has 1 fully saturated rings. The van der Waals surface area contributed by atoms with E-state index in [0.717, 1.165) is 63.6 Å². The third kappa shape index (κ3) is 3.41. The van der Waals surface area contributed by atoms with Crippen LogP contribution in [0.3, 0.4) is 0 Å². The Morgan fingerprint density at radius 2 is 1.86 bits per heavy atom. The molecule has 1 aliphatic heterocycles. The number of hydrogen-bond donors (Lipinski definition) is 3. The van der Waals surface area contributed by atoms with Gasteiger partial charge in [0.05, 0.1) is 11.9 Å². The molecule has 0 bridgehead atoms. The van der Waals surface area contributed by atoms with Crippen molar-refractivity contribution in [1.29, 1.82) is 0 Å². The molecule has 0 atom stereocenters. The lowest BCUT2D eigenvalue weighted by molar-refractivity contribution is 0.453. The van der Waals surface area contributed by atoms with E-state index in [9.17, 15) is 0 Å². The fourth-order valence-electron chi connectivity index (χ4n) is 4.05. The fraction of sp³-hybridized carbons (Fsp3) is 0.227. The summed E-state index contributed by atoms with van der Waals surface area (Å²) < 4.78 is 1.03. The second kappa shape index (κ2) is 7.57. The van der Waals surface area contributed by atoms with Crippen molar-refractivity contribution >= 4 is 32.5 Å². The summed E-state index contributed by atoms with van der Waals surface area (Å²) in [7, 11) is 0. The third-order valence-electron chi connectivity index (χ3n) is 5.63. The Labute approximate surface area is 177 Å². The highest BCUT2D eigenvalue weighted by molar-refractivity contribution is 9.10. The molecule has 5 rings (SSSR count). The number of anilines is 1. The van der Waals surface area contributed by atoms with Gasteiger partial charge in [0, 0.05) is 50.6 Å². The Morgan fingerprint density at radius 3 is 2.72 bits per heavy atom. The number of nitrogens with two attached hydrogens (primary N) is 1. The molecule has 4 heterocycles. The van der Waals surface area contributed by atoms with Gasteiger partial charge in [-0.1, -0.05) is 28.1 Å². The van der Waals surface area contributed by atoms with Gasteiger partial charge in [-0.25, -0.2) is 4.98 Å². The normalized spacial score (nSPS) is 15.1. The molecule has 1 aliphatic rings. The largest absolute Gasteiger partial charge is 0.383 e. The quantitative estimate of drug-likeness (QED) is 0.429. The molecule has 0 aliphatic carbocycles. The maximum atomic E-state index is 6.24. The first-order chi connectivity index (χ1) is 14.2. The number of benzene rings is 1. The minimum atomic E-state index is 0.472. The predicted molar refractivity (Wildman–Crippen MR) is 120 cm³/mol. The average molecular weight is 449 g/mol. The summed E-state index contributed by atoms with van der Waals surface area (Å²) in [5.41, 5.74) is 11.2. The minimum absolute atomic E-state index is 0.472. The zero-order valence-corrected chi connectivity index (χ0v) is 17.4. The Morgan fingerprint density at radius 1 is 1.00 bits per heavy atom. The van der Waals surface area contributed by atoms with E-state index >= 15 is 0 Å². The summed E-state index contributed by atoms with van der Waals surface area (Å²) in [5.74, 6) is 0.948. The lowest BCUT2D eigenvalue weighted by Crippen LogP contribution is -2.27. The maximum Gasteiger partial charge on any atom is 0.132 e. The number of aromatic nitrogens is 4. The van der Waals surface area contributed by atoms with Crippen LogP contribution in [0, 0.1) is 0 Å². The number of piperidine rings is 1. The second-order valence-corrected chi connectivity index (χ2v) is 8.26. The van der Waals surface area contributed by atoms with E-state index in [2.05, 4.69) is 53.5 Å². The van der Waals surface area contributed by atoms with Crippen LogP contribution < -0.4 is 11.1 Å². The summed E-state index contributed by atoms with van der Waals surface area (Å²) in [5, 5.41) is 13.1. The molecule has 0 amide bonds. The average Bonchev–Trinajstić information content (AvgIpc) is 3.25. The third-order valence-corrected chi connectivity index (χ3v) is 6.32. The first kappa shape index (κ1) is 18.3. The van der Waals surface area contributed by atoms with Crippen LogP contribution in [-0.4, -0.2) is 33.3 Å². The van der Waals surface area contributed by atoms with E-state index in [1.54, 1.807) is 0 Å². The number of H-pyrrole nitrogens is 1. The van der Waals surface area contributed by atoms with Gasteiger partial charge in [-0.3, -0.25) is 10.1 Å². The van der Waals surface area contributed by atoms with Crippen LogP contribution in [0.25, 0.3) is 33.2 Å². The zero-order chi connectivity index (χ0) is 19.8. The van der Waals surface area contributed by atoms with E-state index in [0.29, 0.717) is 11.7 Å². The lowest BCUT2D eigenvalue weighted by atomic mass is 9.90. The van der Waals surface area contributed by atoms with Crippen molar-refractivity contribution in [3.8, 4) is 22.4 Å². The van der Waals surface area contributed by atoms with Gasteiger partial charge in [0.1, 0.15) is 5.82 Å². The molecule has 29 heavy (non-hydrogen) atoms. The van der Waals surface area contributed by atoms with E-state index in [1.165, 1.54) is 5.69 Å². The van der Waals surface area contributed by atoms with Gasteiger partial charge in [-0.2, -0.15) is 5.10 Å². The molecule has 1 saturated heterocycles. The summed E-state index contributed by atoms with van der Waals surface area (Å²) in [6.07, 6.45) is 7.79. The molecule has 0 spiro atoms.